The van der Waals surface area contributed by atoms with Crippen molar-refractivity contribution in [1.82, 2.24) is 4.90 Å². The third-order valence-corrected chi connectivity index (χ3v) is 2.88. The first-order valence-corrected chi connectivity index (χ1v) is 4.67. The Kier molecular flexibility index (Phi) is 1.84. The molecule has 0 saturated carbocycles. The van der Waals surface area contributed by atoms with Crippen LogP contribution in [0.1, 0.15) is 38.5 Å². The van der Waals surface area contributed by atoms with E-state index in [1.165, 1.54) is 25.7 Å². The standard InChI is InChI=1S/C9H15NO/c11-9-6-3-5-8-4-1-2-7-10(8)9/h8H,1-7H2/t8-/m1/s1. The van der Waals surface area contributed by atoms with Gasteiger partial charge in [0, 0.05) is 19.0 Å². The van der Waals surface area contributed by atoms with Gasteiger partial charge in [-0.2, -0.15) is 0 Å². The Bertz CT molecular complexity index is 165. The van der Waals surface area contributed by atoms with Gasteiger partial charge < -0.3 is 4.90 Å². The molecule has 0 N–H and O–H groups in total. The van der Waals surface area contributed by atoms with Gasteiger partial charge in [-0.05, 0) is 32.1 Å². The predicted molar refractivity (Wildman–Crippen MR) is 43.2 cm³/mol. The van der Waals surface area contributed by atoms with Gasteiger partial charge in [0.2, 0.25) is 5.91 Å². The molecule has 0 bridgehead atoms. The minimum Gasteiger partial charge on any atom is -0.340 e. The van der Waals surface area contributed by atoms with Crippen molar-refractivity contribution in [3.63, 3.8) is 0 Å². The van der Waals surface area contributed by atoms with Gasteiger partial charge in [0.05, 0.1) is 0 Å². The number of fused-ring (bicyclic) bond motifs is 1. The molecular weight excluding hydrogens is 138 g/mol. The summed E-state index contributed by atoms with van der Waals surface area (Å²) in [5, 5.41) is 0. The molecule has 2 saturated heterocycles. The summed E-state index contributed by atoms with van der Waals surface area (Å²) in [5.74, 6) is 0.404. The van der Waals surface area contributed by atoms with Gasteiger partial charge in [0.25, 0.3) is 0 Å². The number of carbonyl (C=O) groups is 1. The zero-order valence-electron chi connectivity index (χ0n) is 6.88. The lowest BCUT2D eigenvalue weighted by Crippen LogP contribution is -2.46. The Labute approximate surface area is 67.6 Å². The lowest BCUT2D eigenvalue weighted by atomic mass is 9.93. The Morgan fingerprint density at radius 1 is 1.18 bits per heavy atom. The van der Waals surface area contributed by atoms with E-state index in [1.807, 2.05) is 0 Å². The molecule has 0 unspecified atom stereocenters. The van der Waals surface area contributed by atoms with Crippen molar-refractivity contribution in [2.45, 2.75) is 44.6 Å². The number of rotatable bonds is 0. The van der Waals surface area contributed by atoms with Gasteiger partial charge in [-0.1, -0.05) is 0 Å². The second kappa shape index (κ2) is 2.84. The number of hydrogen-bond acceptors (Lipinski definition) is 1. The molecule has 2 aliphatic heterocycles. The normalized spacial score (nSPS) is 31.8. The molecule has 0 radical (unpaired) electrons. The molecule has 2 heterocycles. The van der Waals surface area contributed by atoms with Crippen LogP contribution < -0.4 is 0 Å². The quantitative estimate of drug-likeness (QED) is 0.517. The number of carbonyl (C=O) groups excluding carboxylic acids is 1. The minimum atomic E-state index is 0.404. The molecule has 11 heavy (non-hydrogen) atoms. The fourth-order valence-electron chi connectivity index (χ4n) is 2.26. The highest BCUT2D eigenvalue weighted by Crippen LogP contribution is 2.26. The van der Waals surface area contributed by atoms with Crippen LogP contribution in [-0.4, -0.2) is 23.4 Å². The van der Waals surface area contributed by atoms with E-state index in [9.17, 15) is 4.79 Å². The lowest BCUT2D eigenvalue weighted by molar-refractivity contribution is -0.137. The maximum Gasteiger partial charge on any atom is 0.222 e. The van der Waals surface area contributed by atoms with Crippen LogP contribution in [0.2, 0.25) is 0 Å². The number of piperidine rings is 2. The fourth-order valence-corrected chi connectivity index (χ4v) is 2.26. The van der Waals surface area contributed by atoms with Crippen molar-refractivity contribution in [3.05, 3.63) is 0 Å². The van der Waals surface area contributed by atoms with Crippen LogP contribution in [0.4, 0.5) is 0 Å². The van der Waals surface area contributed by atoms with Crippen molar-refractivity contribution in [3.8, 4) is 0 Å². The average molecular weight is 153 g/mol. The molecule has 0 aromatic rings. The van der Waals surface area contributed by atoms with Crippen LogP contribution in [0.25, 0.3) is 0 Å². The predicted octanol–water partition coefficient (Wildman–Crippen LogP) is 1.55. The highest BCUT2D eigenvalue weighted by Gasteiger charge is 2.29. The van der Waals surface area contributed by atoms with Crippen LogP contribution in [0.5, 0.6) is 0 Å². The Morgan fingerprint density at radius 3 is 2.82 bits per heavy atom. The molecule has 2 rings (SSSR count). The van der Waals surface area contributed by atoms with Gasteiger partial charge in [0.15, 0.2) is 0 Å². The zero-order valence-corrected chi connectivity index (χ0v) is 6.88. The molecule has 0 aromatic carbocycles. The van der Waals surface area contributed by atoms with E-state index in [2.05, 4.69) is 4.90 Å². The average Bonchev–Trinajstić information content (AvgIpc) is 2.06. The molecule has 62 valence electrons. The van der Waals surface area contributed by atoms with Crippen molar-refractivity contribution < 1.29 is 4.79 Å². The van der Waals surface area contributed by atoms with Crippen molar-refractivity contribution >= 4 is 5.91 Å². The van der Waals surface area contributed by atoms with E-state index in [-0.39, 0.29) is 0 Å². The van der Waals surface area contributed by atoms with E-state index in [0.717, 1.165) is 19.4 Å². The summed E-state index contributed by atoms with van der Waals surface area (Å²) in [7, 11) is 0. The topological polar surface area (TPSA) is 20.3 Å². The second-order valence-electron chi connectivity index (χ2n) is 3.63. The van der Waals surface area contributed by atoms with Gasteiger partial charge in [-0.15, -0.1) is 0 Å². The van der Waals surface area contributed by atoms with Crippen LogP contribution in [0.3, 0.4) is 0 Å². The summed E-state index contributed by atoms with van der Waals surface area (Å²) < 4.78 is 0. The summed E-state index contributed by atoms with van der Waals surface area (Å²) >= 11 is 0. The summed E-state index contributed by atoms with van der Waals surface area (Å²) in [6.45, 7) is 1.03. The molecule has 2 fully saturated rings. The Balaban J connectivity index is 2.05. The van der Waals surface area contributed by atoms with Crippen LogP contribution in [-0.2, 0) is 4.79 Å². The summed E-state index contributed by atoms with van der Waals surface area (Å²) in [6.07, 6.45) is 6.99. The first-order valence-electron chi connectivity index (χ1n) is 4.67. The maximum absolute atomic E-state index is 11.4. The zero-order chi connectivity index (χ0) is 7.68. The third-order valence-electron chi connectivity index (χ3n) is 2.88. The molecule has 0 spiro atoms. The monoisotopic (exact) mass is 153 g/mol. The second-order valence-corrected chi connectivity index (χ2v) is 3.63. The third kappa shape index (κ3) is 1.26. The first kappa shape index (κ1) is 7.14. The molecule has 2 heteroatoms. The Hall–Kier alpha value is -0.530. The van der Waals surface area contributed by atoms with Gasteiger partial charge in [-0.3, -0.25) is 4.79 Å². The summed E-state index contributed by atoms with van der Waals surface area (Å²) in [6, 6.07) is 0.616. The summed E-state index contributed by atoms with van der Waals surface area (Å²) in [4.78, 5) is 13.5. The molecule has 2 nitrogen and oxygen atoms in total. The largest absolute Gasteiger partial charge is 0.340 e. The van der Waals surface area contributed by atoms with Crippen LogP contribution in [0.15, 0.2) is 0 Å². The van der Waals surface area contributed by atoms with E-state index < -0.39 is 0 Å². The lowest BCUT2D eigenvalue weighted by Gasteiger charge is -2.39. The molecule has 1 atom stereocenters. The van der Waals surface area contributed by atoms with E-state index >= 15 is 0 Å². The van der Waals surface area contributed by atoms with Gasteiger partial charge in [0.1, 0.15) is 0 Å². The molecule has 0 aromatic heterocycles. The maximum atomic E-state index is 11.4. The molecular formula is C9H15NO. The van der Waals surface area contributed by atoms with Crippen LogP contribution >= 0.6 is 0 Å². The highest BCUT2D eigenvalue weighted by atomic mass is 16.2. The smallest absolute Gasteiger partial charge is 0.222 e. The van der Waals surface area contributed by atoms with Crippen molar-refractivity contribution in [2.75, 3.05) is 6.54 Å². The van der Waals surface area contributed by atoms with Crippen molar-refractivity contribution in [1.29, 1.82) is 0 Å². The number of nitrogens with zero attached hydrogens (tertiary/aromatic N) is 1. The minimum absolute atomic E-state index is 0.404. The molecule has 2 aliphatic rings. The fraction of sp³-hybridized carbons (Fsp3) is 0.889. The SMILES string of the molecule is O=C1CCC[C@H]2CCCCN12. The van der Waals surface area contributed by atoms with E-state index in [1.54, 1.807) is 0 Å². The van der Waals surface area contributed by atoms with E-state index in [4.69, 9.17) is 0 Å². The van der Waals surface area contributed by atoms with Gasteiger partial charge in [-0.25, -0.2) is 0 Å². The number of hydrogen-bond donors (Lipinski definition) is 0. The number of amides is 1. The van der Waals surface area contributed by atoms with Crippen molar-refractivity contribution in [2.24, 2.45) is 0 Å². The highest BCUT2D eigenvalue weighted by molar-refractivity contribution is 5.77. The first-order chi connectivity index (χ1) is 5.38. The Morgan fingerprint density at radius 2 is 2.00 bits per heavy atom. The molecule has 0 aliphatic carbocycles. The van der Waals surface area contributed by atoms with Gasteiger partial charge >= 0.3 is 0 Å². The van der Waals surface area contributed by atoms with Crippen LogP contribution in [0, 0.1) is 0 Å². The summed E-state index contributed by atoms with van der Waals surface area (Å²) in [5.41, 5.74) is 0. The molecule has 1 amide bonds. The van der Waals surface area contributed by atoms with E-state index in [0.29, 0.717) is 11.9 Å².